The van der Waals surface area contributed by atoms with Crippen molar-refractivity contribution in [2.24, 2.45) is 0 Å². The van der Waals surface area contributed by atoms with Gasteiger partial charge in [-0.05, 0) is 30.7 Å². The normalized spacial score (nSPS) is 11.0. The number of nitrogens with zero attached hydrogens (tertiary/aromatic N) is 2. The van der Waals surface area contributed by atoms with Crippen molar-refractivity contribution in [1.82, 2.24) is 15.5 Å². The van der Waals surface area contributed by atoms with E-state index in [1.165, 1.54) is 6.07 Å². The highest BCUT2D eigenvalue weighted by Crippen LogP contribution is 2.18. The second-order valence-corrected chi connectivity index (χ2v) is 4.63. The number of aryl methyl sites for hydroxylation is 1. The molecule has 19 heavy (non-hydrogen) atoms. The lowest BCUT2D eigenvalue weighted by Gasteiger charge is -2.04. The first-order valence-corrected chi connectivity index (χ1v) is 6.13. The molecule has 0 unspecified atom stereocenters. The zero-order valence-corrected chi connectivity index (χ0v) is 11.2. The maximum atomic E-state index is 13.1. The highest BCUT2D eigenvalue weighted by molar-refractivity contribution is 5.53. The van der Waals surface area contributed by atoms with Crippen molar-refractivity contribution in [3.8, 4) is 0 Å². The van der Waals surface area contributed by atoms with E-state index in [0.29, 0.717) is 35.7 Å². The fourth-order valence-corrected chi connectivity index (χ4v) is 1.51. The Morgan fingerprint density at radius 2 is 2.11 bits per heavy atom. The lowest BCUT2D eigenvalue weighted by molar-refractivity contribution is 0.460. The Morgan fingerprint density at radius 3 is 2.79 bits per heavy atom. The van der Waals surface area contributed by atoms with E-state index in [2.05, 4.69) is 20.8 Å². The molecule has 1 aromatic carbocycles. The number of benzene rings is 1. The average Bonchev–Trinajstić information content (AvgIpc) is 2.79. The minimum atomic E-state index is -0.238. The molecule has 0 aliphatic rings. The molecule has 0 saturated carbocycles. The molecule has 2 aromatic rings. The van der Waals surface area contributed by atoms with Crippen molar-refractivity contribution >= 4 is 11.7 Å². The summed E-state index contributed by atoms with van der Waals surface area (Å²) in [6, 6.07) is 5.36. The van der Waals surface area contributed by atoms with E-state index < -0.39 is 0 Å². The van der Waals surface area contributed by atoms with Crippen LogP contribution in [0.1, 0.15) is 25.3 Å². The molecule has 0 aliphatic carbocycles. The quantitative estimate of drug-likeness (QED) is 0.869. The van der Waals surface area contributed by atoms with Crippen LogP contribution in [0.3, 0.4) is 0 Å². The van der Waals surface area contributed by atoms with E-state index in [9.17, 15) is 4.39 Å². The van der Waals surface area contributed by atoms with Gasteiger partial charge in [0.2, 0.25) is 5.89 Å². The third-order valence-corrected chi connectivity index (χ3v) is 2.54. The molecule has 1 heterocycles. The van der Waals surface area contributed by atoms with Crippen molar-refractivity contribution in [3.63, 3.8) is 0 Å². The van der Waals surface area contributed by atoms with Crippen molar-refractivity contribution in [3.05, 3.63) is 35.5 Å². The second-order valence-electron chi connectivity index (χ2n) is 4.63. The molecule has 0 bridgehead atoms. The number of rotatable bonds is 5. The van der Waals surface area contributed by atoms with Crippen LogP contribution < -0.4 is 10.6 Å². The van der Waals surface area contributed by atoms with Crippen LogP contribution in [0.25, 0.3) is 0 Å². The summed E-state index contributed by atoms with van der Waals surface area (Å²) in [6.45, 7) is 6.30. The Hall–Kier alpha value is -1.95. The van der Waals surface area contributed by atoms with Gasteiger partial charge in [-0.1, -0.05) is 18.9 Å². The third kappa shape index (κ3) is 3.75. The number of aromatic nitrogens is 2. The molecule has 5 nitrogen and oxygen atoms in total. The van der Waals surface area contributed by atoms with Crippen LogP contribution in [0, 0.1) is 12.7 Å². The van der Waals surface area contributed by atoms with Crippen LogP contribution >= 0.6 is 0 Å². The van der Waals surface area contributed by atoms with E-state index in [1.54, 1.807) is 19.1 Å². The monoisotopic (exact) mass is 264 g/mol. The Labute approximate surface area is 111 Å². The molecule has 1 aromatic heterocycles. The lowest BCUT2D eigenvalue weighted by Crippen LogP contribution is -2.21. The Balaban J connectivity index is 2.01. The molecule has 6 heteroatoms. The van der Waals surface area contributed by atoms with E-state index in [0.717, 1.165) is 0 Å². The first-order chi connectivity index (χ1) is 9.04. The highest BCUT2D eigenvalue weighted by Gasteiger charge is 2.07. The van der Waals surface area contributed by atoms with Gasteiger partial charge in [0.05, 0.1) is 6.54 Å². The number of halogens is 1. The van der Waals surface area contributed by atoms with Crippen LogP contribution in [0.5, 0.6) is 0 Å². The molecule has 0 fully saturated rings. The summed E-state index contributed by atoms with van der Waals surface area (Å²) in [5, 5.41) is 13.9. The summed E-state index contributed by atoms with van der Waals surface area (Å²) in [7, 11) is 0. The van der Waals surface area contributed by atoms with E-state index >= 15 is 0 Å². The van der Waals surface area contributed by atoms with Crippen LogP contribution in [-0.2, 0) is 6.54 Å². The van der Waals surface area contributed by atoms with Gasteiger partial charge in [-0.25, -0.2) is 4.39 Å². The standard InChI is InChI=1S/C13H17FN4O/c1-8(2)15-7-12-17-18-13(19-12)16-10-4-5-11(14)9(3)6-10/h4-6,8,15H,7H2,1-3H3,(H,16,18). The first-order valence-electron chi connectivity index (χ1n) is 6.13. The second kappa shape index (κ2) is 5.79. The van der Waals surface area contributed by atoms with Gasteiger partial charge in [0.15, 0.2) is 0 Å². The third-order valence-electron chi connectivity index (χ3n) is 2.54. The van der Waals surface area contributed by atoms with Gasteiger partial charge in [-0.2, -0.15) is 0 Å². The molecule has 0 radical (unpaired) electrons. The van der Waals surface area contributed by atoms with Gasteiger partial charge < -0.3 is 15.1 Å². The van der Waals surface area contributed by atoms with Crippen LogP contribution in [-0.4, -0.2) is 16.2 Å². The summed E-state index contributed by atoms with van der Waals surface area (Å²) >= 11 is 0. The number of hydrogen-bond acceptors (Lipinski definition) is 5. The van der Waals surface area contributed by atoms with Gasteiger partial charge in [-0.15, -0.1) is 5.10 Å². The molecule has 0 saturated heterocycles. The zero-order valence-electron chi connectivity index (χ0n) is 11.2. The Bertz CT molecular complexity index is 553. The molecular formula is C13H17FN4O. The highest BCUT2D eigenvalue weighted by atomic mass is 19.1. The van der Waals surface area contributed by atoms with Gasteiger partial charge in [-0.3, -0.25) is 0 Å². The molecular weight excluding hydrogens is 247 g/mol. The van der Waals surface area contributed by atoms with Gasteiger partial charge in [0.1, 0.15) is 5.82 Å². The fraction of sp³-hybridized carbons (Fsp3) is 0.385. The van der Waals surface area contributed by atoms with Crippen LogP contribution in [0.2, 0.25) is 0 Å². The Morgan fingerprint density at radius 1 is 1.32 bits per heavy atom. The topological polar surface area (TPSA) is 63.0 Å². The minimum absolute atomic E-state index is 0.238. The van der Waals surface area contributed by atoms with Gasteiger partial charge >= 0.3 is 6.01 Å². The summed E-state index contributed by atoms with van der Waals surface area (Å²) in [6.07, 6.45) is 0. The summed E-state index contributed by atoms with van der Waals surface area (Å²) in [4.78, 5) is 0. The molecule has 2 rings (SSSR count). The van der Waals surface area contributed by atoms with E-state index in [-0.39, 0.29) is 5.82 Å². The van der Waals surface area contributed by atoms with Gasteiger partial charge in [0.25, 0.3) is 0 Å². The first kappa shape index (κ1) is 13.5. The molecule has 0 aliphatic heterocycles. The Kier molecular flexibility index (Phi) is 4.11. The summed E-state index contributed by atoms with van der Waals surface area (Å²) in [5.41, 5.74) is 1.28. The number of nitrogens with one attached hydrogen (secondary N) is 2. The average molecular weight is 264 g/mol. The van der Waals surface area contributed by atoms with Crippen molar-refractivity contribution in [1.29, 1.82) is 0 Å². The van der Waals surface area contributed by atoms with Crippen molar-refractivity contribution < 1.29 is 8.81 Å². The predicted molar refractivity (Wildman–Crippen MR) is 70.7 cm³/mol. The smallest absolute Gasteiger partial charge is 0.320 e. The van der Waals surface area contributed by atoms with E-state index in [1.807, 2.05) is 13.8 Å². The maximum Gasteiger partial charge on any atom is 0.320 e. The van der Waals surface area contributed by atoms with Gasteiger partial charge in [0, 0.05) is 11.7 Å². The largest absolute Gasteiger partial charge is 0.406 e. The number of anilines is 2. The molecule has 0 spiro atoms. The predicted octanol–water partition coefficient (Wildman–Crippen LogP) is 2.76. The van der Waals surface area contributed by atoms with E-state index in [4.69, 9.17) is 4.42 Å². The van der Waals surface area contributed by atoms with Crippen molar-refractivity contribution in [2.75, 3.05) is 5.32 Å². The minimum Gasteiger partial charge on any atom is -0.406 e. The molecule has 0 atom stereocenters. The SMILES string of the molecule is Cc1cc(Nc2nnc(CNC(C)C)o2)ccc1F. The van der Waals surface area contributed by atoms with Crippen LogP contribution in [0.4, 0.5) is 16.1 Å². The zero-order chi connectivity index (χ0) is 13.8. The maximum absolute atomic E-state index is 13.1. The summed E-state index contributed by atoms with van der Waals surface area (Å²) < 4.78 is 18.5. The molecule has 2 N–H and O–H groups in total. The molecule has 102 valence electrons. The lowest BCUT2D eigenvalue weighted by atomic mass is 10.2. The fourth-order valence-electron chi connectivity index (χ4n) is 1.51. The molecule has 0 amide bonds. The summed E-state index contributed by atoms with van der Waals surface area (Å²) in [5.74, 6) is 0.271. The van der Waals surface area contributed by atoms with Crippen LogP contribution in [0.15, 0.2) is 22.6 Å². The number of hydrogen-bond donors (Lipinski definition) is 2. The van der Waals surface area contributed by atoms with Crippen molar-refractivity contribution in [2.45, 2.75) is 33.4 Å².